The summed E-state index contributed by atoms with van der Waals surface area (Å²) >= 11 is 8.33. The van der Waals surface area contributed by atoms with Crippen LogP contribution in [-0.2, 0) is 9.59 Å². The molecule has 1 aliphatic rings. The van der Waals surface area contributed by atoms with Crippen LogP contribution in [0.1, 0.15) is 25.7 Å². The zero-order valence-electron chi connectivity index (χ0n) is 9.00. The SMILES string of the molecule is O=C(O)[C@@H]1CCCN1C(=O)CCC(S)CS. The molecule has 4 nitrogen and oxygen atoms in total. The van der Waals surface area contributed by atoms with Crippen LogP contribution >= 0.6 is 25.3 Å². The van der Waals surface area contributed by atoms with E-state index in [9.17, 15) is 9.59 Å². The van der Waals surface area contributed by atoms with E-state index in [0.717, 1.165) is 6.42 Å². The molecule has 0 radical (unpaired) electrons. The molecule has 0 spiro atoms. The lowest BCUT2D eigenvalue weighted by atomic mass is 10.2. The maximum absolute atomic E-state index is 11.8. The second-order valence-electron chi connectivity index (χ2n) is 3.96. The Morgan fingerprint density at radius 1 is 1.50 bits per heavy atom. The van der Waals surface area contributed by atoms with Crippen molar-refractivity contribution in [3.63, 3.8) is 0 Å². The van der Waals surface area contributed by atoms with Gasteiger partial charge in [0, 0.05) is 24.0 Å². The second-order valence-corrected chi connectivity index (χ2v) is 5.05. The van der Waals surface area contributed by atoms with Gasteiger partial charge < -0.3 is 10.0 Å². The van der Waals surface area contributed by atoms with Crippen molar-refractivity contribution in [3.05, 3.63) is 0 Å². The molecule has 1 saturated heterocycles. The standard InChI is InChI=1S/C10H17NO3S2/c12-9(4-3-7(16)6-15)11-5-1-2-8(11)10(13)14/h7-8,15-16H,1-6H2,(H,13,14)/t7?,8-/m0/s1. The van der Waals surface area contributed by atoms with Crippen LogP contribution < -0.4 is 0 Å². The molecule has 0 aromatic carbocycles. The average Bonchev–Trinajstić information content (AvgIpc) is 2.74. The number of hydrogen-bond acceptors (Lipinski definition) is 4. The van der Waals surface area contributed by atoms with Gasteiger partial charge in [-0.2, -0.15) is 25.3 Å². The number of carboxylic acid groups (broad SMARTS) is 1. The fourth-order valence-corrected chi connectivity index (χ4v) is 2.16. The summed E-state index contributed by atoms with van der Waals surface area (Å²) in [7, 11) is 0. The first-order chi connectivity index (χ1) is 7.56. The molecule has 0 aromatic heterocycles. The lowest BCUT2D eigenvalue weighted by molar-refractivity contribution is -0.148. The Bertz CT molecular complexity index is 273. The topological polar surface area (TPSA) is 57.6 Å². The molecular weight excluding hydrogens is 246 g/mol. The van der Waals surface area contributed by atoms with Gasteiger partial charge in [0.25, 0.3) is 0 Å². The second kappa shape index (κ2) is 6.39. The van der Waals surface area contributed by atoms with Crippen molar-refractivity contribution < 1.29 is 14.7 Å². The average molecular weight is 263 g/mol. The van der Waals surface area contributed by atoms with Crippen molar-refractivity contribution in [3.8, 4) is 0 Å². The lowest BCUT2D eigenvalue weighted by Crippen LogP contribution is -2.40. The molecule has 0 saturated carbocycles. The number of hydrogen-bond donors (Lipinski definition) is 3. The Labute approximate surface area is 106 Å². The van der Waals surface area contributed by atoms with Gasteiger partial charge in [0.05, 0.1) is 0 Å². The van der Waals surface area contributed by atoms with Crippen LogP contribution in [0.2, 0.25) is 0 Å². The highest BCUT2D eigenvalue weighted by molar-refractivity contribution is 7.84. The summed E-state index contributed by atoms with van der Waals surface area (Å²) in [5, 5.41) is 9.03. The van der Waals surface area contributed by atoms with E-state index in [1.807, 2.05) is 0 Å². The molecule has 1 N–H and O–H groups in total. The van der Waals surface area contributed by atoms with Crippen LogP contribution in [0.4, 0.5) is 0 Å². The first kappa shape index (κ1) is 13.7. The quantitative estimate of drug-likeness (QED) is 0.650. The van der Waals surface area contributed by atoms with Crippen molar-refractivity contribution in [1.82, 2.24) is 4.90 Å². The molecule has 1 fully saturated rings. The molecule has 6 heteroatoms. The fourth-order valence-electron chi connectivity index (χ4n) is 1.85. The minimum Gasteiger partial charge on any atom is -0.480 e. The Hall–Kier alpha value is -0.360. The molecule has 1 rings (SSSR count). The van der Waals surface area contributed by atoms with Gasteiger partial charge in [0.1, 0.15) is 6.04 Å². The van der Waals surface area contributed by atoms with Gasteiger partial charge in [-0.05, 0) is 19.3 Å². The Balaban J connectivity index is 2.44. The summed E-state index contributed by atoms with van der Waals surface area (Å²) in [5.41, 5.74) is 0. The number of rotatable bonds is 5. The number of carbonyl (C=O) groups excluding carboxylic acids is 1. The number of aliphatic carboxylic acids is 1. The van der Waals surface area contributed by atoms with E-state index in [1.54, 1.807) is 0 Å². The van der Waals surface area contributed by atoms with Crippen molar-refractivity contribution in [1.29, 1.82) is 0 Å². The number of amides is 1. The van der Waals surface area contributed by atoms with E-state index in [-0.39, 0.29) is 11.2 Å². The van der Waals surface area contributed by atoms with Crippen LogP contribution in [-0.4, -0.2) is 45.5 Å². The maximum atomic E-state index is 11.8. The minimum atomic E-state index is -0.900. The van der Waals surface area contributed by atoms with Crippen LogP contribution in [0.15, 0.2) is 0 Å². The summed E-state index contributed by atoms with van der Waals surface area (Å²) in [6.45, 7) is 0.563. The van der Waals surface area contributed by atoms with Gasteiger partial charge in [-0.15, -0.1) is 0 Å². The molecule has 1 amide bonds. The molecule has 0 aromatic rings. The third-order valence-corrected chi connectivity index (χ3v) is 3.93. The predicted molar refractivity (Wildman–Crippen MR) is 68.2 cm³/mol. The first-order valence-corrected chi connectivity index (χ1v) is 6.52. The van der Waals surface area contributed by atoms with Crippen LogP contribution in [0.5, 0.6) is 0 Å². The number of thiol groups is 2. The van der Waals surface area contributed by atoms with Gasteiger partial charge in [0.15, 0.2) is 0 Å². The Morgan fingerprint density at radius 3 is 2.75 bits per heavy atom. The van der Waals surface area contributed by atoms with Crippen LogP contribution in [0.25, 0.3) is 0 Å². The van der Waals surface area contributed by atoms with E-state index in [0.29, 0.717) is 31.6 Å². The summed E-state index contributed by atoms with van der Waals surface area (Å²) in [4.78, 5) is 24.1. The Morgan fingerprint density at radius 2 is 2.19 bits per heavy atom. The number of carbonyl (C=O) groups is 2. The van der Waals surface area contributed by atoms with Gasteiger partial charge in [-0.25, -0.2) is 4.79 Å². The number of nitrogens with zero attached hydrogens (tertiary/aromatic N) is 1. The zero-order valence-corrected chi connectivity index (χ0v) is 10.8. The predicted octanol–water partition coefficient (Wildman–Crippen LogP) is 1.07. The smallest absolute Gasteiger partial charge is 0.326 e. The summed E-state index contributed by atoms with van der Waals surface area (Å²) in [6, 6.07) is -0.623. The van der Waals surface area contributed by atoms with Gasteiger partial charge >= 0.3 is 5.97 Å². The lowest BCUT2D eigenvalue weighted by Gasteiger charge is -2.21. The minimum absolute atomic E-state index is 0.0780. The maximum Gasteiger partial charge on any atom is 0.326 e. The van der Waals surface area contributed by atoms with Gasteiger partial charge in [-0.1, -0.05) is 0 Å². The first-order valence-electron chi connectivity index (χ1n) is 5.37. The van der Waals surface area contributed by atoms with Crippen molar-refractivity contribution in [2.45, 2.75) is 37.0 Å². The fraction of sp³-hybridized carbons (Fsp3) is 0.800. The number of likely N-dealkylation sites (tertiary alicyclic amines) is 1. The zero-order chi connectivity index (χ0) is 12.1. The molecule has 1 heterocycles. The highest BCUT2D eigenvalue weighted by atomic mass is 32.1. The molecule has 92 valence electrons. The monoisotopic (exact) mass is 263 g/mol. The normalized spacial score (nSPS) is 22.1. The molecule has 2 atom stereocenters. The summed E-state index contributed by atoms with van der Waals surface area (Å²) in [5.74, 6) is -0.355. The van der Waals surface area contributed by atoms with E-state index in [4.69, 9.17) is 5.11 Å². The van der Waals surface area contributed by atoms with Gasteiger partial charge in [-0.3, -0.25) is 4.79 Å². The van der Waals surface area contributed by atoms with E-state index < -0.39 is 12.0 Å². The van der Waals surface area contributed by atoms with E-state index in [1.165, 1.54) is 4.90 Å². The summed E-state index contributed by atoms with van der Waals surface area (Å²) in [6.07, 6.45) is 2.35. The third kappa shape index (κ3) is 3.59. The summed E-state index contributed by atoms with van der Waals surface area (Å²) < 4.78 is 0. The highest BCUT2D eigenvalue weighted by Crippen LogP contribution is 2.19. The van der Waals surface area contributed by atoms with Gasteiger partial charge in [0.2, 0.25) is 5.91 Å². The van der Waals surface area contributed by atoms with Crippen LogP contribution in [0.3, 0.4) is 0 Å². The van der Waals surface area contributed by atoms with E-state index >= 15 is 0 Å². The molecule has 1 aliphatic heterocycles. The van der Waals surface area contributed by atoms with Crippen molar-refractivity contribution in [2.24, 2.45) is 0 Å². The highest BCUT2D eigenvalue weighted by Gasteiger charge is 2.33. The molecule has 0 bridgehead atoms. The van der Waals surface area contributed by atoms with Crippen molar-refractivity contribution >= 4 is 37.1 Å². The third-order valence-electron chi connectivity index (χ3n) is 2.76. The number of carboxylic acids is 1. The van der Waals surface area contributed by atoms with E-state index in [2.05, 4.69) is 25.3 Å². The molecule has 1 unspecified atom stereocenters. The molecule has 16 heavy (non-hydrogen) atoms. The largest absolute Gasteiger partial charge is 0.480 e. The molecular formula is C10H17NO3S2. The Kier molecular flexibility index (Phi) is 5.48. The van der Waals surface area contributed by atoms with Crippen molar-refractivity contribution in [2.75, 3.05) is 12.3 Å². The molecule has 0 aliphatic carbocycles. The van der Waals surface area contributed by atoms with Crippen LogP contribution in [0, 0.1) is 0 Å².